The lowest BCUT2D eigenvalue weighted by molar-refractivity contribution is 1.14. The zero-order valence-corrected chi connectivity index (χ0v) is 9.59. The van der Waals surface area contributed by atoms with Crippen molar-refractivity contribution in [1.82, 2.24) is 0 Å². The van der Waals surface area contributed by atoms with Gasteiger partial charge in [-0.05, 0) is 31.4 Å². The fourth-order valence-corrected chi connectivity index (χ4v) is 1.84. The van der Waals surface area contributed by atoms with Gasteiger partial charge in [-0.3, -0.25) is 0 Å². The van der Waals surface area contributed by atoms with E-state index in [2.05, 4.69) is 39.2 Å². The first-order valence-corrected chi connectivity index (χ1v) is 5.18. The third-order valence-corrected chi connectivity index (χ3v) is 2.54. The number of hydrogen-bond acceptors (Lipinski definition) is 0. The molecular weight excluding hydrogens is 180 g/mol. The molecule has 1 aliphatic carbocycles. The molecule has 0 N–H and O–H groups in total. The van der Waals surface area contributed by atoms with Crippen LogP contribution in [0.5, 0.6) is 0 Å². The Balaban J connectivity index is 3.05. The van der Waals surface area contributed by atoms with E-state index >= 15 is 0 Å². The molecule has 0 heteroatoms. The van der Waals surface area contributed by atoms with Gasteiger partial charge < -0.3 is 0 Å². The van der Waals surface area contributed by atoms with Gasteiger partial charge in [0.1, 0.15) is 0 Å². The third kappa shape index (κ3) is 2.69. The van der Waals surface area contributed by atoms with Crippen molar-refractivity contribution >= 4 is 0 Å². The molecule has 78 valence electrons. The van der Waals surface area contributed by atoms with E-state index in [0.29, 0.717) is 0 Å². The lowest BCUT2D eigenvalue weighted by Crippen LogP contribution is -1.81. The first-order valence-electron chi connectivity index (χ1n) is 5.18. The largest absolute Gasteiger partial charge is 0.0991 e. The highest BCUT2D eigenvalue weighted by Gasteiger charge is 2.14. The van der Waals surface area contributed by atoms with Crippen molar-refractivity contribution in [1.29, 1.82) is 0 Å². The predicted octanol–water partition coefficient (Wildman–Crippen LogP) is 4.51. The van der Waals surface area contributed by atoms with Crippen LogP contribution < -0.4 is 0 Å². The number of allylic oxidation sites excluding steroid dienone is 10. The van der Waals surface area contributed by atoms with Gasteiger partial charge in [0.2, 0.25) is 0 Å². The van der Waals surface area contributed by atoms with Crippen LogP contribution in [0, 0.1) is 0 Å². The lowest BCUT2D eigenvalue weighted by Gasteiger charge is -2.00. The molecule has 0 heterocycles. The summed E-state index contributed by atoms with van der Waals surface area (Å²) in [5.74, 6) is 0. The zero-order valence-electron chi connectivity index (χ0n) is 9.59. The Labute approximate surface area is 92.7 Å². The quantitative estimate of drug-likeness (QED) is 0.583. The molecule has 0 fully saturated rings. The van der Waals surface area contributed by atoms with Crippen LogP contribution in [-0.4, -0.2) is 0 Å². The molecule has 0 amide bonds. The van der Waals surface area contributed by atoms with Crippen LogP contribution in [0.3, 0.4) is 0 Å². The van der Waals surface area contributed by atoms with Gasteiger partial charge in [-0.2, -0.15) is 0 Å². The van der Waals surface area contributed by atoms with Crippen molar-refractivity contribution < 1.29 is 0 Å². The summed E-state index contributed by atoms with van der Waals surface area (Å²) >= 11 is 0. The summed E-state index contributed by atoms with van der Waals surface area (Å²) < 4.78 is 0. The van der Waals surface area contributed by atoms with Gasteiger partial charge in [-0.15, -0.1) is 0 Å². The highest BCUT2D eigenvalue weighted by Crippen LogP contribution is 2.33. The minimum absolute atomic E-state index is 1.08. The van der Waals surface area contributed by atoms with Crippen LogP contribution in [0.2, 0.25) is 0 Å². The maximum absolute atomic E-state index is 3.69. The average molecular weight is 198 g/mol. The monoisotopic (exact) mass is 198 g/mol. The Morgan fingerprint density at radius 2 is 1.27 bits per heavy atom. The Kier molecular flexibility index (Phi) is 4.11. The molecule has 0 spiro atoms. The van der Waals surface area contributed by atoms with E-state index in [1.165, 1.54) is 22.3 Å². The van der Waals surface area contributed by atoms with Gasteiger partial charge in [0.05, 0.1) is 0 Å². The molecule has 0 nitrogen and oxygen atoms in total. The van der Waals surface area contributed by atoms with E-state index < -0.39 is 0 Å². The molecule has 1 rings (SSSR count). The Bertz CT molecular complexity index is 346. The summed E-state index contributed by atoms with van der Waals surface area (Å²) in [5, 5.41) is 0. The van der Waals surface area contributed by atoms with Crippen LogP contribution in [0.4, 0.5) is 0 Å². The molecule has 0 saturated carbocycles. The Morgan fingerprint density at radius 1 is 0.867 bits per heavy atom. The van der Waals surface area contributed by atoms with Crippen molar-refractivity contribution in [2.75, 3.05) is 0 Å². The van der Waals surface area contributed by atoms with Crippen LogP contribution in [0.25, 0.3) is 0 Å². The minimum Gasteiger partial charge on any atom is -0.0991 e. The lowest BCUT2D eigenvalue weighted by atomic mass is 10.0. The standard InChI is InChI=1S/C15H18/c1-5-7-9-14-12(3)11-13(4)15(14)10-8-6-2/h5-10H,1-2,11H2,3-4H3/b9-7-,10-8-. The maximum Gasteiger partial charge on any atom is -0.00955 e. The highest BCUT2D eigenvalue weighted by atomic mass is 14.2. The smallest absolute Gasteiger partial charge is 0.00955 e. The van der Waals surface area contributed by atoms with Gasteiger partial charge in [0.25, 0.3) is 0 Å². The zero-order chi connectivity index (χ0) is 11.3. The molecule has 15 heavy (non-hydrogen) atoms. The SMILES string of the molecule is C=C/C=C\C1=C(C)CC(C)=C1/C=C\C=C. The van der Waals surface area contributed by atoms with E-state index in [1.54, 1.807) is 0 Å². The summed E-state index contributed by atoms with van der Waals surface area (Å²) in [6.45, 7) is 11.7. The molecule has 0 aliphatic heterocycles. The second-order valence-electron chi connectivity index (χ2n) is 3.75. The summed E-state index contributed by atoms with van der Waals surface area (Å²) in [4.78, 5) is 0. The summed E-state index contributed by atoms with van der Waals surface area (Å²) in [6, 6.07) is 0. The fourth-order valence-electron chi connectivity index (χ4n) is 1.84. The van der Waals surface area contributed by atoms with E-state index in [4.69, 9.17) is 0 Å². The van der Waals surface area contributed by atoms with Crippen LogP contribution >= 0.6 is 0 Å². The first kappa shape index (κ1) is 11.5. The van der Waals surface area contributed by atoms with Gasteiger partial charge in [-0.25, -0.2) is 0 Å². The van der Waals surface area contributed by atoms with Crippen LogP contribution in [-0.2, 0) is 0 Å². The van der Waals surface area contributed by atoms with Crippen molar-refractivity contribution in [2.45, 2.75) is 20.3 Å². The minimum atomic E-state index is 1.08. The number of rotatable bonds is 4. The van der Waals surface area contributed by atoms with E-state index in [0.717, 1.165) is 6.42 Å². The molecule has 0 aromatic heterocycles. The third-order valence-electron chi connectivity index (χ3n) is 2.54. The van der Waals surface area contributed by atoms with Gasteiger partial charge >= 0.3 is 0 Å². The molecule has 0 atom stereocenters. The Morgan fingerprint density at radius 3 is 1.60 bits per heavy atom. The highest BCUT2D eigenvalue weighted by molar-refractivity contribution is 5.57. The summed E-state index contributed by atoms with van der Waals surface area (Å²) in [5.41, 5.74) is 5.50. The molecule has 0 aromatic carbocycles. The summed E-state index contributed by atoms with van der Waals surface area (Å²) in [6.07, 6.45) is 12.9. The fraction of sp³-hybridized carbons (Fsp3) is 0.200. The van der Waals surface area contributed by atoms with Crippen molar-refractivity contribution in [2.24, 2.45) is 0 Å². The maximum atomic E-state index is 3.69. The molecule has 0 radical (unpaired) electrons. The second-order valence-corrected chi connectivity index (χ2v) is 3.75. The molecule has 0 saturated heterocycles. The second kappa shape index (κ2) is 5.35. The number of hydrogen-bond donors (Lipinski definition) is 0. The van der Waals surface area contributed by atoms with Crippen LogP contribution in [0.15, 0.2) is 71.9 Å². The van der Waals surface area contributed by atoms with Gasteiger partial charge in [-0.1, -0.05) is 60.8 Å². The van der Waals surface area contributed by atoms with E-state index in [1.807, 2.05) is 24.3 Å². The van der Waals surface area contributed by atoms with Crippen molar-refractivity contribution in [3.8, 4) is 0 Å². The van der Waals surface area contributed by atoms with Crippen molar-refractivity contribution in [3.05, 3.63) is 71.9 Å². The molecule has 0 aromatic rings. The normalized spacial score (nSPS) is 17.2. The van der Waals surface area contributed by atoms with E-state index in [9.17, 15) is 0 Å². The van der Waals surface area contributed by atoms with Gasteiger partial charge in [0.15, 0.2) is 0 Å². The first-order chi connectivity index (χ1) is 7.20. The topological polar surface area (TPSA) is 0 Å². The Hall–Kier alpha value is -1.56. The molecular formula is C15H18. The van der Waals surface area contributed by atoms with Gasteiger partial charge in [0, 0.05) is 0 Å². The molecule has 0 unspecified atom stereocenters. The predicted molar refractivity (Wildman–Crippen MR) is 68.7 cm³/mol. The van der Waals surface area contributed by atoms with E-state index in [-0.39, 0.29) is 0 Å². The molecule has 1 aliphatic rings. The molecule has 0 bridgehead atoms. The average Bonchev–Trinajstić information content (AvgIpc) is 2.47. The summed E-state index contributed by atoms with van der Waals surface area (Å²) in [7, 11) is 0. The van der Waals surface area contributed by atoms with Crippen LogP contribution in [0.1, 0.15) is 20.3 Å². The van der Waals surface area contributed by atoms with Crippen molar-refractivity contribution in [3.63, 3.8) is 0 Å².